The molecule has 0 spiro atoms. The maximum absolute atomic E-state index is 12.5. The number of ether oxygens (including phenoxy) is 3. The predicted octanol–water partition coefficient (Wildman–Crippen LogP) is 5.38. The van der Waals surface area contributed by atoms with Crippen molar-refractivity contribution in [3.05, 3.63) is 87.4 Å². The Bertz CT molecular complexity index is 1200. The normalized spacial score (nSPS) is 10.7. The number of methoxy groups -OCH3 is 1. The first-order valence-corrected chi connectivity index (χ1v) is 10.6. The number of nitrogens with one attached hydrogen (secondary N) is 1. The zero-order valence-corrected chi connectivity index (χ0v) is 19.3. The number of hydrazone groups is 1. The number of hydrogen-bond donors (Lipinski definition) is 1. The van der Waals surface area contributed by atoms with Gasteiger partial charge in [-0.15, -0.1) is 0 Å². The third-order valence-corrected chi connectivity index (χ3v) is 4.90. The van der Waals surface area contributed by atoms with Gasteiger partial charge in [-0.1, -0.05) is 35.3 Å². The minimum Gasteiger partial charge on any atom is -0.493 e. The van der Waals surface area contributed by atoms with E-state index >= 15 is 0 Å². The van der Waals surface area contributed by atoms with E-state index in [-0.39, 0.29) is 16.3 Å². The molecule has 3 aromatic rings. The molecule has 9 heteroatoms. The molecule has 7 nitrogen and oxygen atoms in total. The quantitative estimate of drug-likeness (QED) is 0.200. The van der Waals surface area contributed by atoms with Crippen LogP contribution in [0.15, 0.2) is 65.8 Å². The second-order valence-electron chi connectivity index (χ2n) is 6.55. The lowest BCUT2D eigenvalue weighted by Crippen LogP contribution is -2.18. The lowest BCUT2D eigenvalue weighted by atomic mass is 10.2. The van der Waals surface area contributed by atoms with Gasteiger partial charge in [-0.25, -0.2) is 10.2 Å². The van der Waals surface area contributed by atoms with Crippen LogP contribution in [0.1, 0.15) is 33.2 Å². The Labute approximate surface area is 200 Å². The lowest BCUT2D eigenvalue weighted by molar-refractivity contribution is 0.0729. The van der Waals surface area contributed by atoms with E-state index in [2.05, 4.69) is 10.5 Å². The highest BCUT2D eigenvalue weighted by molar-refractivity contribution is 6.36. The monoisotopic (exact) mass is 486 g/mol. The Morgan fingerprint density at radius 2 is 1.76 bits per heavy atom. The van der Waals surface area contributed by atoms with Crippen LogP contribution in [-0.4, -0.2) is 31.8 Å². The van der Waals surface area contributed by atoms with Crippen molar-refractivity contribution in [2.75, 3.05) is 13.7 Å². The van der Waals surface area contributed by atoms with Crippen molar-refractivity contribution in [1.29, 1.82) is 0 Å². The van der Waals surface area contributed by atoms with Gasteiger partial charge >= 0.3 is 5.97 Å². The fourth-order valence-corrected chi connectivity index (χ4v) is 3.31. The van der Waals surface area contributed by atoms with E-state index in [4.69, 9.17) is 37.4 Å². The summed E-state index contributed by atoms with van der Waals surface area (Å²) in [5.74, 6) is -0.101. The molecule has 3 aromatic carbocycles. The molecule has 170 valence electrons. The van der Waals surface area contributed by atoms with Gasteiger partial charge in [0, 0.05) is 5.02 Å². The van der Waals surface area contributed by atoms with Gasteiger partial charge in [0.15, 0.2) is 11.5 Å². The second kappa shape index (κ2) is 11.4. The van der Waals surface area contributed by atoms with Crippen molar-refractivity contribution in [1.82, 2.24) is 5.43 Å². The standard InChI is InChI=1S/C24H20Cl2N2O5/c1-3-32-20-7-5-4-6-18(20)23(29)28-27-14-15-8-11-21(22(12-15)31-2)33-24(30)17-10-9-16(25)13-19(17)26/h4-14H,3H2,1-2H3,(H,28,29)/b27-14+. The highest BCUT2D eigenvalue weighted by Crippen LogP contribution is 2.30. The molecule has 0 aliphatic carbocycles. The molecule has 33 heavy (non-hydrogen) atoms. The number of carbonyl (C=O) groups is 2. The van der Waals surface area contributed by atoms with Crippen molar-refractivity contribution >= 4 is 41.3 Å². The Kier molecular flexibility index (Phi) is 8.29. The number of amides is 1. The van der Waals surface area contributed by atoms with E-state index in [1.165, 1.54) is 25.5 Å². The van der Waals surface area contributed by atoms with E-state index < -0.39 is 11.9 Å². The van der Waals surface area contributed by atoms with Crippen LogP contribution in [0.4, 0.5) is 0 Å². The van der Waals surface area contributed by atoms with Gasteiger partial charge in [0.2, 0.25) is 0 Å². The topological polar surface area (TPSA) is 86.2 Å². The predicted molar refractivity (Wildman–Crippen MR) is 127 cm³/mol. The summed E-state index contributed by atoms with van der Waals surface area (Å²) in [6.45, 7) is 2.28. The number of hydrogen-bond acceptors (Lipinski definition) is 6. The van der Waals surface area contributed by atoms with Crippen molar-refractivity contribution in [2.24, 2.45) is 5.10 Å². The van der Waals surface area contributed by atoms with Crippen LogP contribution in [-0.2, 0) is 0 Å². The van der Waals surface area contributed by atoms with Crippen molar-refractivity contribution in [3.8, 4) is 17.2 Å². The fourth-order valence-electron chi connectivity index (χ4n) is 2.82. The van der Waals surface area contributed by atoms with Crippen LogP contribution < -0.4 is 19.6 Å². The molecule has 3 rings (SSSR count). The van der Waals surface area contributed by atoms with Gasteiger partial charge in [-0.3, -0.25) is 4.79 Å². The highest BCUT2D eigenvalue weighted by atomic mass is 35.5. The molecule has 0 unspecified atom stereocenters. The number of rotatable bonds is 8. The summed E-state index contributed by atoms with van der Waals surface area (Å²) in [5.41, 5.74) is 3.61. The van der Waals surface area contributed by atoms with E-state index in [0.29, 0.717) is 34.3 Å². The van der Waals surface area contributed by atoms with Crippen LogP contribution in [0.3, 0.4) is 0 Å². The molecule has 1 N–H and O–H groups in total. The molecule has 0 bridgehead atoms. The Hall–Kier alpha value is -3.55. The number of nitrogens with zero attached hydrogens (tertiary/aromatic N) is 1. The van der Waals surface area contributed by atoms with Gasteiger partial charge in [-0.05, 0) is 61.0 Å². The van der Waals surface area contributed by atoms with Crippen molar-refractivity contribution < 1.29 is 23.8 Å². The molecule has 0 radical (unpaired) electrons. The molecular formula is C24H20Cl2N2O5. The number of carbonyl (C=O) groups excluding carboxylic acids is 2. The minimum absolute atomic E-state index is 0.170. The largest absolute Gasteiger partial charge is 0.493 e. The molecule has 0 saturated carbocycles. The summed E-state index contributed by atoms with van der Waals surface area (Å²) in [4.78, 5) is 24.9. The molecule has 0 heterocycles. The SMILES string of the molecule is CCOc1ccccc1C(=O)N/N=C/c1ccc(OC(=O)c2ccc(Cl)cc2Cl)c(OC)c1. The van der Waals surface area contributed by atoms with Crippen LogP contribution >= 0.6 is 23.2 Å². The first-order chi connectivity index (χ1) is 15.9. The molecule has 1 amide bonds. The van der Waals surface area contributed by atoms with Gasteiger partial charge in [0.05, 0.1) is 36.1 Å². The summed E-state index contributed by atoms with van der Waals surface area (Å²) in [6.07, 6.45) is 1.44. The van der Waals surface area contributed by atoms with Gasteiger partial charge in [0.25, 0.3) is 5.91 Å². The summed E-state index contributed by atoms with van der Waals surface area (Å²) in [7, 11) is 1.44. The van der Waals surface area contributed by atoms with Crippen molar-refractivity contribution in [3.63, 3.8) is 0 Å². The van der Waals surface area contributed by atoms with Gasteiger partial charge in [0.1, 0.15) is 5.75 Å². The lowest BCUT2D eigenvalue weighted by Gasteiger charge is -2.11. The van der Waals surface area contributed by atoms with Crippen molar-refractivity contribution in [2.45, 2.75) is 6.92 Å². The Morgan fingerprint density at radius 3 is 2.48 bits per heavy atom. The molecule has 0 aromatic heterocycles. The van der Waals surface area contributed by atoms with E-state index in [1.54, 1.807) is 48.5 Å². The van der Waals surface area contributed by atoms with Crippen LogP contribution in [0, 0.1) is 0 Å². The number of halogens is 2. The summed E-state index contributed by atoms with van der Waals surface area (Å²) in [6, 6.07) is 16.2. The summed E-state index contributed by atoms with van der Waals surface area (Å²) >= 11 is 11.9. The third kappa shape index (κ3) is 6.25. The number of benzene rings is 3. The Balaban J connectivity index is 1.70. The zero-order valence-electron chi connectivity index (χ0n) is 17.8. The summed E-state index contributed by atoms with van der Waals surface area (Å²) < 4.78 is 16.2. The van der Waals surface area contributed by atoms with Crippen LogP contribution in [0.25, 0.3) is 0 Å². The number of esters is 1. The fraction of sp³-hybridized carbons (Fsp3) is 0.125. The molecular weight excluding hydrogens is 467 g/mol. The summed E-state index contributed by atoms with van der Waals surface area (Å²) in [5, 5.41) is 4.57. The maximum atomic E-state index is 12.5. The minimum atomic E-state index is -0.656. The first kappa shape index (κ1) is 24.1. The Morgan fingerprint density at radius 1 is 0.970 bits per heavy atom. The average Bonchev–Trinajstić information content (AvgIpc) is 2.80. The smallest absolute Gasteiger partial charge is 0.345 e. The van der Waals surface area contributed by atoms with E-state index in [9.17, 15) is 9.59 Å². The molecule has 0 aliphatic heterocycles. The first-order valence-electron chi connectivity index (χ1n) is 9.83. The van der Waals surface area contributed by atoms with Crippen LogP contribution in [0.5, 0.6) is 17.2 Å². The molecule has 0 saturated heterocycles. The van der Waals surface area contributed by atoms with Crippen LogP contribution in [0.2, 0.25) is 10.0 Å². The van der Waals surface area contributed by atoms with E-state index in [0.717, 1.165) is 0 Å². The van der Waals surface area contributed by atoms with E-state index in [1.807, 2.05) is 6.92 Å². The third-order valence-electron chi connectivity index (χ3n) is 4.35. The van der Waals surface area contributed by atoms with Gasteiger partial charge in [-0.2, -0.15) is 5.10 Å². The highest BCUT2D eigenvalue weighted by Gasteiger charge is 2.16. The molecule has 0 atom stereocenters. The average molecular weight is 487 g/mol. The number of para-hydroxylation sites is 1. The maximum Gasteiger partial charge on any atom is 0.345 e. The molecule has 0 aliphatic rings. The molecule has 0 fully saturated rings. The zero-order chi connectivity index (χ0) is 23.8. The van der Waals surface area contributed by atoms with Gasteiger partial charge < -0.3 is 14.2 Å². The second-order valence-corrected chi connectivity index (χ2v) is 7.40.